The molecule has 0 spiro atoms. The Labute approximate surface area is 88.1 Å². The van der Waals surface area contributed by atoms with Crippen molar-refractivity contribution in [3.8, 4) is 0 Å². The molecule has 5 heteroatoms. The van der Waals surface area contributed by atoms with E-state index in [0.29, 0.717) is 12.6 Å². The van der Waals surface area contributed by atoms with E-state index in [1.165, 1.54) is 25.7 Å². The minimum atomic E-state index is -1.91. The molecule has 0 amide bonds. The second-order valence-corrected chi connectivity index (χ2v) is 4.73. The van der Waals surface area contributed by atoms with Crippen LogP contribution in [0.1, 0.15) is 25.7 Å². The quantitative estimate of drug-likeness (QED) is 0.504. The van der Waals surface area contributed by atoms with Gasteiger partial charge in [-0.15, -0.1) is 0 Å². The minimum absolute atomic E-state index is 0.215. The van der Waals surface area contributed by atoms with Crippen LogP contribution in [0.15, 0.2) is 0 Å². The normalized spacial score (nSPS) is 25.6. The third-order valence-electron chi connectivity index (χ3n) is 2.50. The van der Waals surface area contributed by atoms with Crippen molar-refractivity contribution >= 4 is 11.1 Å². The lowest BCUT2D eigenvalue weighted by Crippen LogP contribution is -2.39. The van der Waals surface area contributed by atoms with Crippen molar-refractivity contribution in [1.82, 2.24) is 10.6 Å². The van der Waals surface area contributed by atoms with E-state index < -0.39 is 11.1 Å². The fourth-order valence-electron chi connectivity index (χ4n) is 1.71. The Bertz CT molecular complexity index is 170. The predicted molar refractivity (Wildman–Crippen MR) is 56.9 cm³/mol. The molecule has 0 saturated carbocycles. The Kier molecular flexibility index (Phi) is 6.34. The first-order valence-corrected chi connectivity index (χ1v) is 6.53. The maximum atomic E-state index is 10.2. The number of nitrogens with one attached hydrogen (secondary N) is 2. The topological polar surface area (TPSA) is 64.2 Å². The monoisotopic (exact) mass is 219 g/mol. The van der Waals surface area contributed by atoms with Crippen LogP contribution < -0.4 is 10.6 Å². The zero-order valence-electron chi connectivity index (χ0n) is 8.46. The molecule has 1 heterocycles. The van der Waals surface area contributed by atoms with Gasteiger partial charge in [0, 0.05) is 24.9 Å². The Morgan fingerprint density at radius 2 is 2.29 bits per heavy atom. The summed E-state index contributed by atoms with van der Waals surface area (Å²) >= 11 is -1.91. The summed E-state index contributed by atoms with van der Waals surface area (Å²) in [6, 6.07) is 0.526. The van der Waals surface area contributed by atoms with E-state index in [0.717, 1.165) is 13.1 Å². The van der Waals surface area contributed by atoms with Crippen molar-refractivity contribution < 1.29 is 8.76 Å². The first kappa shape index (κ1) is 12.1. The van der Waals surface area contributed by atoms with Gasteiger partial charge in [-0.05, 0) is 19.4 Å². The zero-order valence-corrected chi connectivity index (χ0v) is 9.28. The molecule has 14 heavy (non-hydrogen) atoms. The van der Waals surface area contributed by atoms with E-state index in [1.54, 1.807) is 0 Å². The molecule has 2 atom stereocenters. The molecule has 0 aromatic heterocycles. The van der Waals surface area contributed by atoms with Gasteiger partial charge < -0.3 is 15.2 Å². The van der Waals surface area contributed by atoms with Crippen molar-refractivity contribution in [3.63, 3.8) is 0 Å². The molecular formula is C9H19N2O2S-. The summed E-state index contributed by atoms with van der Waals surface area (Å²) < 4.78 is 20.5. The summed E-state index contributed by atoms with van der Waals surface area (Å²) in [5.41, 5.74) is 0. The molecule has 0 aromatic rings. The van der Waals surface area contributed by atoms with Crippen LogP contribution in [0.2, 0.25) is 0 Å². The summed E-state index contributed by atoms with van der Waals surface area (Å²) in [7, 11) is 0. The number of hydrogen-bond donors (Lipinski definition) is 2. The minimum Gasteiger partial charge on any atom is -0.772 e. The van der Waals surface area contributed by atoms with Gasteiger partial charge in [0.15, 0.2) is 0 Å². The van der Waals surface area contributed by atoms with Gasteiger partial charge in [-0.1, -0.05) is 23.9 Å². The van der Waals surface area contributed by atoms with Crippen molar-refractivity contribution in [2.24, 2.45) is 0 Å². The second-order valence-electron chi connectivity index (χ2n) is 3.71. The van der Waals surface area contributed by atoms with Gasteiger partial charge in [0.1, 0.15) is 0 Å². The first-order valence-electron chi connectivity index (χ1n) is 5.29. The predicted octanol–water partition coefficient (Wildman–Crippen LogP) is -0.0127. The molecule has 0 aromatic carbocycles. The summed E-state index contributed by atoms with van der Waals surface area (Å²) in [5, 5.41) is 6.61. The summed E-state index contributed by atoms with van der Waals surface area (Å²) in [6.45, 7) is 2.55. The van der Waals surface area contributed by atoms with Crippen molar-refractivity contribution in [2.45, 2.75) is 31.7 Å². The fraction of sp³-hybridized carbons (Fsp3) is 1.00. The van der Waals surface area contributed by atoms with Gasteiger partial charge >= 0.3 is 0 Å². The highest BCUT2D eigenvalue weighted by molar-refractivity contribution is 7.79. The Morgan fingerprint density at radius 1 is 1.43 bits per heavy atom. The van der Waals surface area contributed by atoms with Gasteiger partial charge in [0.25, 0.3) is 0 Å². The van der Waals surface area contributed by atoms with Crippen LogP contribution in [0.25, 0.3) is 0 Å². The lowest BCUT2D eigenvalue weighted by Gasteiger charge is -2.16. The molecule has 0 bridgehead atoms. The third kappa shape index (κ3) is 5.70. The standard InChI is InChI=1S/C9H20N2O2S/c12-14(13)7-6-10-8-9-4-2-1-3-5-11-9/h9-11H,1-8H2,(H,12,13)/p-1. The highest BCUT2D eigenvalue weighted by atomic mass is 32.2. The van der Waals surface area contributed by atoms with Crippen LogP contribution in [0.5, 0.6) is 0 Å². The third-order valence-corrected chi connectivity index (χ3v) is 3.04. The summed E-state index contributed by atoms with van der Waals surface area (Å²) in [5.74, 6) is 0.215. The summed E-state index contributed by atoms with van der Waals surface area (Å²) in [6.07, 6.45) is 5.06. The van der Waals surface area contributed by atoms with E-state index >= 15 is 0 Å². The van der Waals surface area contributed by atoms with Crippen LogP contribution in [-0.2, 0) is 11.1 Å². The van der Waals surface area contributed by atoms with Crippen molar-refractivity contribution in [1.29, 1.82) is 0 Å². The number of hydrogen-bond acceptors (Lipinski definition) is 4. The molecule has 4 nitrogen and oxygen atoms in total. The summed E-state index contributed by atoms with van der Waals surface area (Å²) in [4.78, 5) is 0. The van der Waals surface area contributed by atoms with Crippen LogP contribution in [-0.4, -0.2) is 40.2 Å². The van der Waals surface area contributed by atoms with E-state index in [-0.39, 0.29) is 5.75 Å². The maximum absolute atomic E-state index is 10.2. The highest BCUT2D eigenvalue weighted by Crippen LogP contribution is 2.07. The molecular weight excluding hydrogens is 200 g/mol. The maximum Gasteiger partial charge on any atom is 0.0227 e. The average Bonchev–Trinajstić information content (AvgIpc) is 2.40. The van der Waals surface area contributed by atoms with Crippen molar-refractivity contribution in [2.75, 3.05) is 25.4 Å². The molecule has 1 aliphatic rings. The molecule has 2 N–H and O–H groups in total. The Balaban J connectivity index is 2.01. The first-order chi connectivity index (χ1) is 6.79. The molecule has 2 unspecified atom stereocenters. The van der Waals surface area contributed by atoms with Crippen molar-refractivity contribution in [3.05, 3.63) is 0 Å². The number of rotatable bonds is 5. The Morgan fingerprint density at radius 3 is 3.07 bits per heavy atom. The van der Waals surface area contributed by atoms with E-state index in [9.17, 15) is 8.76 Å². The van der Waals surface area contributed by atoms with Gasteiger partial charge in [-0.2, -0.15) is 0 Å². The molecule has 0 radical (unpaired) electrons. The van der Waals surface area contributed by atoms with Crippen LogP contribution in [0, 0.1) is 0 Å². The highest BCUT2D eigenvalue weighted by Gasteiger charge is 2.09. The van der Waals surface area contributed by atoms with Crippen LogP contribution in [0.4, 0.5) is 0 Å². The van der Waals surface area contributed by atoms with Gasteiger partial charge in [-0.25, -0.2) is 0 Å². The average molecular weight is 219 g/mol. The molecule has 1 fully saturated rings. The smallest absolute Gasteiger partial charge is 0.0227 e. The molecule has 1 rings (SSSR count). The largest absolute Gasteiger partial charge is 0.772 e. The Hall–Kier alpha value is 0.0300. The fourth-order valence-corrected chi connectivity index (χ4v) is 2.02. The molecule has 1 saturated heterocycles. The SMILES string of the molecule is O=S([O-])CCNCC1CCCCCN1. The van der Waals surface area contributed by atoms with Crippen LogP contribution >= 0.6 is 0 Å². The van der Waals surface area contributed by atoms with Gasteiger partial charge in [0.05, 0.1) is 0 Å². The van der Waals surface area contributed by atoms with Gasteiger partial charge in [0.2, 0.25) is 0 Å². The van der Waals surface area contributed by atoms with E-state index in [1.807, 2.05) is 0 Å². The molecule has 0 aliphatic carbocycles. The lowest BCUT2D eigenvalue weighted by molar-refractivity contribution is 0.474. The van der Waals surface area contributed by atoms with E-state index in [4.69, 9.17) is 0 Å². The molecule has 1 aliphatic heterocycles. The lowest BCUT2D eigenvalue weighted by atomic mass is 10.1. The van der Waals surface area contributed by atoms with E-state index in [2.05, 4.69) is 10.6 Å². The van der Waals surface area contributed by atoms with Gasteiger partial charge in [-0.3, -0.25) is 4.21 Å². The molecule has 84 valence electrons. The van der Waals surface area contributed by atoms with Crippen LogP contribution in [0.3, 0.4) is 0 Å². The second kappa shape index (κ2) is 7.34. The zero-order chi connectivity index (χ0) is 10.2.